The van der Waals surface area contributed by atoms with Crippen molar-refractivity contribution in [3.8, 4) is 0 Å². The van der Waals surface area contributed by atoms with Gasteiger partial charge in [-0.2, -0.15) is 0 Å². The second kappa shape index (κ2) is 15.1. The van der Waals surface area contributed by atoms with E-state index in [0.717, 1.165) is 14.9 Å². The molecule has 294 valence electrons. The minimum atomic E-state index is -4.40. The number of phosphoric ester groups is 1. The van der Waals surface area contributed by atoms with Gasteiger partial charge in [0.25, 0.3) is 19.4 Å². The van der Waals surface area contributed by atoms with Crippen molar-refractivity contribution in [3.05, 3.63) is 126 Å². The summed E-state index contributed by atoms with van der Waals surface area (Å²) in [4.78, 5) is 54.9. The van der Waals surface area contributed by atoms with Crippen LogP contribution in [0.15, 0.2) is 92.2 Å². The SMILES string of the molecule is Cc1cn([C@@H]2O[C@H](CO)C3CO[P@@](=O)(OC[C@H]4O[C@@H](n5cc(C)c(=O)[nH]c5=O)C[C@@H]4O[Si](c4ccccc4)(c4ccccc4)C(C)(C)C)OC32)c(=O)[nH]c1=O. The molecule has 2 unspecified atom stereocenters. The van der Waals surface area contributed by atoms with Gasteiger partial charge in [-0.25, -0.2) is 14.2 Å². The molecule has 5 heterocycles. The molecule has 3 N–H and O–H groups in total. The molecule has 3 saturated heterocycles. The lowest BCUT2D eigenvalue weighted by atomic mass is 9.99. The van der Waals surface area contributed by atoms with Crippen LogP contribution in [0, 0.1) is 19.8 Å². The normalized spacial score (nSPS) is 28.3. The van der Waals surface area contributed by atoms with Crippen LogP contribution < -0.4 is 32.9 Å². The van der Waals surface area contributed by atoms with Crippen LogP contribution in [0.2, 0.25) is 5.04 Å². The molecule has 2 aromatic heterocycles. The molecule has 0 spiro atoms. The first-order valence-electron chi connectivity index (χ1n) is 18.1. The number of nitrogens with one attached hydrogen (secondary N) is 2. The van der Waals surface area contributed by atoms with Crippen LogP contribution in [-0.4, -0.2) is 76.8 Å². The van der Waals surface area contributed by atoms with E-state index >= 15 is 0 Å². The Kier molecular flexibility index (Phi) is 10.8. The van der Waals surface area contributed by atoms with Gasteiger partial charge >= 0.3 is 19.2 Å². The van der Waals surface area contributed by atoms with E-state index in [-0.39, 0.29) is 25.2 Å². The van der Waals surface area contributed by atoms with Gasteiger partial charge in [-0.3, -0.25) is 42.3 Å². The Morgan fingerprint density at radius 3 is 1.98 bits per heavy atom. The van der Waals surface area contributed by atoms with Gasteiger partial charge in [0, 0.05) is 35.9 Å². The van der Waals surface area contributed by atoms with Crippen molar-refractivity contribution < 1.29 is 37.1 Å². The Bertz CT molecular complexity index is 2270. The molecule has 7 rings (SSSR count). The quantitative estimate of drug-likeness (QED) is 0.156. The number of H-pyrrole nitrogens is 2. The summed E-state index contributed by atoms with van der Waals surface area (Å²) in [7, 11) is -7.61. The van der Waals surface area contributed by atoms with E-state index in [9.17, 15) is 28.8 Å². The van der Waals surface area contributed by atoms with Gasteiger partial charge in [0.1, 0.15) is 18.4 Å². The molecule has 18 heteroatoms. The fourth-order valence-corrected chi connectivity index (χ4v) is 13.9. The lowest BCUT2D eigenvalue weighted by molar-refractivity contribution is -0.0686. The van der Waals surface area contributed by atoms with E-state index in [1.807, 2.05) is 60.7 Å². The van der Waals surface area contributed by atoms with Crippen LogP contribution in [0.3, 0.4) is 0 Å². The van der Waals surface area contributed by atoms with Gasteiger partial charge in [-0.15, -0.1) is 0 Å². The van der Waals surface area contributed by atoms with Crippen LogP contribution in [0.1, 0.15) is 50.8 Å². The van der Waals surface area contributed by atoms with Gasteiger partial charge in [-0.05, 0) is 29.3 Å². The predicted molar refractivity (Wildman–Crippen MR) is 202 cm³/mol. The van der Waals surface area contributed by atoms with E-state index in [4.69, 9.17) is 27.5 Å². The van der Waals surface area contributed by atoms with E-state index in [2.05, 4.69) is 30.7 Å². The molecule has 0 saturated carbocycles. The number of benzene rings is 2. The second-order valence-electron chi connectivity index (χ2n) is 15.2. The highest BCUT2D eigenvalue weighted by Gasteiger charge is 2.56. The largest absolute Gasteiger partial charge is 0.475 e. The number of ether oxygens (including phenoxy) is 2. The first kappa shape index (κ1) is 39.2. The third kappa shape index (κ3) is 7.36. The summed E-state index contributed by atoms with van der Waals surface area (Å²) in [5.41, 5.74) is -1.98. The van der Waals surface area contributed by atoms with Gasteiger partial charge in [0.05, 0.1) is 32.0 Å². The molecule has 55 heavy (non-hydrogen) atoms. The number of aryl methyl sites for hydroxylation is 2. The van der Waals surface area contributed by atoms with Crippen molar-refractivity contribution in [2.45, 2.75) is 82.9 Å². The fraction of sp³-hybridized carbons (Fsp3) is 0.459. The highest BCUT2D eigenvalue weighted by Crippen LogP contribution is 2.59. The van der Waals surface area contributed by atoms with Crippen LogP contribution >= 0.6 is 7.82 Å². The van der Waals surface area contributed by atoms with E-state index in [1.54, 1.807) is 6.92 Å². The Hall–Kier alpha value is -4.03. The first-order chi connectivity index (χ1) is 26.1. The maximum Gasteiger partial charge on any atom is 0.475 e. The van der Waals surface area contributed by atoms with Crippen LogP contribution in [-0.2, 0) is 32.0 Å². The zero-order chi connectivity index (χ0) is 39.3. The fourth-order valence-electron chi connectivity index (χ4n) is 7.74. The number of hydrogen-bond acceptors (Lipinski definition) is 12. The number of hydrogen-bond donors (Lipinski definition) is 3. The molecule has 2 aromatic carbocycles. The number of aromatic nitrogens is 4. The number of aromatic amines is 2. The topological polar surface area (TPSA) is 202 Å². The molecule has 3 fully saturated rings. The van der Waals surface area contributed by atoms with E-state index in [0.29, 0.717) is 5.56 Å². The highest BCUT2D eigenvalue weighted by atomic mass is 31.2. The number of nitrogens with zero attached hydrogens (tertiary/aromatic N) is 2. The van der Waals surface area contributed by atoms with Gasteiger partial charge < -0.3 is 19.0 Å². The molecule has 8 atom stereocenters. The van der Waals surface area contributed by atoms with Crippen molar-refractivity contribution in [1.82, 2.24) is 19.1 Å². The van der Waals surface area contributed by atoms with Gasteiger partial charge in [0.2, 0.25) is 0 Å². The maximum atomic E-state index is 14.3. The summed E-state index contributed by atoms with van der Waals surface area (Å²) in [6, 6.07) is 19.9. The number of aliphatic hydroxyl groups excluding tert-OH is 1. The molecule has 3 aliphatic rings. The Morgan fingerprint density at radius 2 is 1.42 bits per heavy atom. The van der Waals surface area contributed by atoms with Crippen molar-refractivity contribution in [3.63, 3.8) is 0 Å². The molecule has 4 aromatic rings. The Balaban J connectivity index is 1.23. The molecule has 0 aliphatic carbocycles. The minimum Gasteiger partial charge on any atom is -0.402 e. The molecule has 16 nitrogen and oxygen atoms in total. The van der Waals surface area contributed by atoms with E-state index < -0.39 is 93.1 Å². The van der Waals surface area contributed by atoms with Crippen molar-refractivity contribution in [1.29, 1.82) is 0 Å². The number of phosphoric acid groups is 1. The maximum absolute atomic E-state index is 14.3. The Labute approximate surface area is 316 Å². The van der Waals surface area contributed by atoms with Crippen molar-refractivity contribution in [2.24, 2.45) is 5.92 Å². The van der Waals surface area contributed by atoms with Gasteiger partial charge in [0.15, 0.2) is 6.23 Å². The average molecular weight is 797 g/mol. The summed E-state index contributed by atoms with van der Waals surface area (Å²) in [6.07, 6.45) is -2.70. The molecule has 0 radical (unpaired) electrons. The lowest BCUT2D eigenvalue weighted by Crippen LogP contribution is -2.68. The highest BCUT2D eigenvalue weighted by molar-refractivity contribution is 7.48. The van der Waals surface area contributed by atoms with Crippen LogP contribution in [0.5, 0.6) is 0 Å². The van der Waals surface area contributed by atoms with Gasteiger partial charge in [-0.1, -0.05) is 81.4 Å². The average Bonchev–Trinajstić information content (AvgIpc) is 3.73. The lowest BCUT2D eigenvalue weighted by Gasteiger charge is -2.45. The molecular formula is C37H45N4O12PSi. The van der Waals surface area contributed by atoms with Crippen LogP contribution in [0.25, 0.3) is 0 Å². The predicted octanol–water partition coefficient (Wildman–Crippen LogP) is 1.98. The standard InChI is InChI=1S/C37H45N4O12PSi/c1-22-17-40(35(45)38-32(22)43)30-16-27(53-55(37(3,4)5,24-12-8-6-9-13-24)25-14-10-7-11-15-25)29(50-30)21-49-54(47)48-20-26-28(19-42)51-34(31(26)52-54)41-18-23(2)33(44)39-36(41)46/h6-15,17-18,26-31,34,42H,16,19-21H2,1-5H3,(H,38,43,45)(H,39,44,46)/t26?,27-,28+,29+,30+,31?,34+,54-/m0/s1. The second-order valence-corrected chi connectivity index (χ2v) is 21.0. The molecular weight excluding hydrogens is 751 g/mol. The van der Waals surface area contributed by atoms with Crippen molar-refractivity contribution in [2.75, 3.05) is 19.8 Å². The summed E-state index contributed by atoms with van der Waals surface area (Å²) < 4.78 is 54.3. The zero-order valence-corrected chi connectivity index (χ0v) is 33.0. The Morgan fingerprint density at radius 1 is 0.855 bits per heavy atom. The summed E-state index contributed by atoms with van der Waals surface area (Å²) >= 11 is 0. The third-order valence-electron chi connectivity index (χ3n) is 10.5. The smallest absolute Gasteiger partial charge is 0.402 e. The van der Waals surface area contributed by atoms with Crippen LogP contribution in [0.4, 0.5) is 0 Å². The summed E-state index contributed by atoms with van der Waals surface area (Å²) in [6.45, 7) is 8.49. The van der Waals surface area contributed by atoms with Crippen molar-refractivity contribution >= 4 is 26.5 Å². The minimum absolute atomic E-state index is 0.170. The third-order valence-corrected chi connectivity index (χ3v) is 17.0. The number of aliphatic hydroxyl groups is 1. The number of rotatable bonds is 10. The molecule has 0 amide bonds. The van der Waals surface area contributed by atoms with E-state index in [1.165, 1.54) is 23.9 Å². The first-order valence-corrected chi connectivity index (χ1v) is 21.4. The molecule has 3 aliphatic heterocycles. The molecule has 0 bridgehead atoms. The number of fused-ring (bicyclic) bond motifs is 1. The summed E-state index contributed by atoms with van der Waals surface area (Å²) in [5, 5.41) is 11.7. The summed E-state index contributed by atoms with van der Waals surface area (Å²) in [5.74, 6) is -0.631. The monoisotopic (exact) mass is 796 g/mol. The zero-order valence-electron chi connectivity index (χ0n) is 31.1.